The third-order valence-electron chi connectivity index (χ3n) is 6.73. The standard InChI is InChI=1S/C30H30F3NO4/c1-18(2)27-21(11-6-12-26(27)38-15-7-10-19-8-4-3-5-9-19)28(35)34-25-16-20(22-17-23(22)29(36)37)13-14-24(25)30(31,32)33/h3-6,8-9,11-14,16,18,22-23H,7,10,15,17H2,1-2H3,(H,34,35)(H,36,37)/t22-,23-/m1/s1. The predicted molar refractivity (Wildman–Crippen MR) is 139 cm³/mol. The molecule has 0 bridgehead atoms. The monoisotopic (exact) mass is 525 g/mol. The van der Waals surface area contributed by atoms with Crippen LogP contribution < -0.4 is 10.1 Å². The fourth-order valence-corrected chi connectivity index (χ4v) is 4.74. The van der Waals surface area contributed by atoms with E-state index in [1.54, 1.807) is 18.2 Å². The summed E-state index contributed by atoms with van der Waals surface area (Å²) in [5.74, 6) is -2.27. The van der Waals surface area contributed by atoms with Gasteiger partial charge in [-0.05, 0) is 66.5 Å². The highest BCUT2D eigenvalue weighted by Gasteiger charge is 2.45. The molecule has 3 aromatic carbocycles. The molecule has 38 heavy (non-hydrogen) atoms. The molecule has 0 radical (unpaired) electrons. The van der Waals surface area contributed by atoms with Gasteiger partial charge in [0.1, 0.15) is 5.75 Å². The van der Waals surface area contributed by atoms with Crippen LogP contribution in [0.3, 0.4) is 0 Å². The first-order valence-electron chi connectivity index (χ1n) is 12.6. The van der Waals surface area contributed by atoms with Gasteiger partial charge in [0.05, 0.1) is 23.8 Å². The highest BCUT2D eigenvalue weighted by atomic mass is 19.4. The average Bonchev–Trinajstić information content (AvgIpc) is 3.68. The van der Waals surface area contributed by atoms with E-state index < -0.39 is 29.5 Å². The third kappa shape index (κ3) is 6.36. The average molecular weight is 526 g/mol. The van der Waals surface area contributed by atoms with Gasteiger partial charge < -0.3 is 15.2 Å². The summed E-state index contributed by atoms with van der Waals surface area (Å²) in [5.41, 5.74) is 1.12. The third-order valence-corrected chi connectivity index (χ3v) is 6.73. The normalized spacial score (nSPS) is 16.8. The Bertz CT molecular complexity index is 1300. The number of carbonyl (C=O) groups is 2. The van der Waals surface area contributed by atoms with E-state index in [9.17, 15) is 27.9 Å². The van der Waals surface area contributed by atoms with E-state index in [4.69, 9.17) is 4.74 Å². The molecule has 0 heterocycles. The lowest BCUT2D eigenvalue weighted by Gasteiger charge is -2.20. The molecule has 0 aliphatic heterocycles. The molecule has 8 heteroatoms. The summed E-state index contributed by atoms with van der Waals surface area (Å²) in [4.78, 5) is 24.6. The van der Waals surface area contributed by atoms with Crippen LogP contribution in [-0.2, 0) is 17.4 Å². The molecule has 1 saturated carbocycles. The first-order chi connectivity index (χ1) is 18.1. The van der Waals surface area contributed by atoms with Crippen molar-refractivity contribution in [3.63, 3.8) is 0 Å². The lowest BCUT2D eigenvalue weighted by molar-refractivity contribution is -0.139. The number of hydrogen-bond donors (Lipinski definition) is 2. The van der Waals surface area contributed by atoms with Gasteiger partial charge in [-0.3, -0.25) is 9.59 Å². The zero-order valence-electron chi connectivity index (χ0n) is 21.2. The highest BCUT2D eigenvalue weighted by Crippen LogP contribution is 2.49. The topological polar surface area (TPSA) is 75.6 Å². The number of aryl methyl sites for hydroxylation is 1. The van der Waals surface area contributed by atoms with Crippen molar-refractivity contribution >= 4 is 17.6 Å². The summed E-state index contributed by atoms with van der Waals surface area (Å²) in [7, 11) is 0. The fraction of sp³-hybridized carbons (Fsp3) is 0.333. The summed E-state index contributed by atoms with van der Waals surface area (Å²) in [6.07, 6.45) is -2.74. The zero-order chi connectivity index (χ0) is 27.4. The number of anilines is 1. The Morgan fingerprint density at radius 1 is 1.05 bits per heavy atom. The van der Waals surface area contributed by atoms with E-state index >= 15 is 0 Å². The largest absolute Gasteiger partial charge is 0.493 e. The van der Waals surface area contributed by atoms with Crippen LogP contribution >= 0.6 is 0 Å². The first kappa shape index (κ1) is 27.2. The van der Waals surface area contributed by atoms with Crippen molar-refractivity contribution in [3.8, 4) is 5.75 Å². The number of nitrogens with one attached hydrogen (secondary N) is 1. The van der Waals surface area contributed by atoms with E-state index in [0.717, 1.165) is 18.9 Å². The Morgan fingerprint density at radius 2 is 1.79 bits per heavy atom. The van der Waals surface area contributed by atoms with Gasteiger partial charge in [-0.2, -0.15) is 13.2 Å². The van der Waals surface area contributed by atoms with Gasteiger partial charge in [-0.1, -0.05) is 56.3 Å². The van der Waals surface area contributed by atoms with Crippen molar-refractivity contribution in [2.75, 3.05) is 11.9 Å². The molecule has 5 nitrogen and oxygen atoms in total. The summed E-state index contributed by atoms with van der Waals surface area (Å²) in [5, 5.41) is 11.7. The summed E-state index contributed by atoms with van der Waals surface area (Å²) in [6, 6.07) is 18.4. The summed E-state index contributed by atoms with van der Waals surface area (Å²) >= 11 is 0. The lowest BCUT2D eigenvalue weighted by Crippen LogP contribution is -2.19. The molecule has 1 amide bonds. The van der Waals surface area contributed by atoms with Gasteiger partial charge in [-0.25, -0.2) is 0 Å². The second-order valence-corrected chi connectivity index (χ2v) is 9.85. The number of rotatable bonds is 10. The zero-order valence-corrected chi connectivity index (χ0v) is 21.2. The van der Waals surface area contributed by atoms with E-state index in [1.165, 1.54) is 17.7 Å². The number of ether oxygens (including phenoxy) is 1. The Hall–Kier alpha value is -3.81. The molecule has 2 atom stereocenters. The maximum absolute atomic E-state index is 13.8. The van der Waals surface area contributed by atoms with Gasteiger partial charge in [0.25, 0.3) is 5.91 Å². The minimum absolute atomic E-state index is 0.128. The molecule has 0 aromatic heterocycles. The molecule has 0 spiro atoms. The van der Waals surface area contributed by atoms with E-state index in [2.05, 4.69) is 5.32 Å². The number of benzene rings is 3. The van der Waals surface area contributed by atoms with Crippen LogP contribution in [0.4, 0.5) is 18.9 Å². The predicted octanol–water partition coefficient (Wildman–Crippen LogP) is 7.28. The number of aliphatic carboxylic acids is 1. The smallest absolute Gasteiger partial charge is 0.418 e. The number of hydrogen-bond acceptors (Lipinski definition) is 3. The maximum Gasteiger partial charge on any atom is 0.418 e. The van der Waals surface area contributed by atoms with Crippen LogP contribution in [-0.4, -0.2) is 23.6 Å². The molecule has 1 fully saturated rings. The van der Waals surface area contributed by atoms with Crippen molar-refractivity contribution < 1.29 is 32.6 Å². The number of alkyl halides is 3. The quantitative estimate of drug-likeness (QED) is 0.273. The van der Waals surface area contributed by atoms with E-state index in [-0.39, 0.29) is 23.1 Å². The maximum atomic E-state index is 13.8. The summed E-state index contributed by atoms with van der Waals surface area (Å²) in [6.45, 7) is 4.21. The number of carboxylic acid groups (broad SMARTS) is 1. The molecule has 1 aliphatic carbocycles. The summed E-state index contributed by atoms with van der Waals surface area (Å²) < 4.78 is 47.3. The minimum Gasteiger partial charge on any atom is -0.493 e. The number of halogens is 3. The second-order valence-electron chi connectivity index (χ2n) is 9.85. The Balaban J connectivity index is 1.55. The number of amides is 1. The van der Waals surface area contributed by atoms with E-state index in [1.807, 2.05) is 44.2 Å². The van der Waals surface area contributed by atoms with Crippen LogP contribution in [0.5, 0.6) is 5.75 Å². The number of carboxylic acids is 1. The van der Waals surface area contributed by atoms with Gasteiger partial charge >= 0.3 is 12.1 Å². The molecule has 4 rings (SSSR count). The van der Waals surface area contributed by atoms with Crippen LogP contribution in [0.15, 0.2) is 66.7 Å². The highest BCUT2D eigenvalue weighted by molar-refractivity contribution is 6.06. The molecule has 2 N–H and O–H groups in total. The molecule has 200 valence electrons. The Morgan fingerprint density at radius 3 is 2.42 bits per heavy atom. The SMILES string of the molecule is CC(C)c1c(OCCCc2ccccc2)cccc1C(=O)Nc1cc([C@H]2C[C@H]2C(=O)O)ccc1C(F)(F)F. The lowest BCUT2D eigenvalue weighted by atomic mass is 9.95. The van der Waals surface area contributed by atoms with Crippen molar-refractivity contribution in [2.24, 2.45) is 5.92 Å². The van der Waals surface area contributed by atoms with E-state index in [0.29, 0.717) is 29.9 Å². The van der Waals surface area contributed by atoms with Crippen molar-refractivity contribution in [1.29, 1.82) is 0 Å². The molecular formula is C30H30F3NO4. The number of carbonyl (C=O) groups excluding carboxylic acids is 1. The molecule has 0 saturated heterocycles. The van der Waals surface area contributed by atoms with Crippen LogP contribution in [0.1, 0.15) is 71.1 Å². The first-order valence-corrected chi connectivity index (χ1v) is 12.6. The Labute approximate surface area is 219 Å². The molecule has 3 aromatic rings. The van der Waals surface area contributed by atoms with Crippen molar-refractivity contribution in [2.45, 2.75) is 51.1 Å². The van der Waals surface area contributed by atoms with Crippen molar-refractivity contribution in [1.82, 2.24) is 0 Å². The molecular weight excluding hydrogens is 495 g/mol. The molecule has 1 aliphatic rings. The van der Waals surface area contributed by atoms with Gasteiger partial charge in [0.2, 0.25) is 0 Å². The van der Waals surface area contributed by atoms with Gasteiger partial charge in [0, 0.05) is 11.1 Å². The van der Waals surface area contributed by atoms with Crippen molar-refractivity contribution in [3.05, 3.63) is 94.5 Å². The Kier molecular flexibility index (Phi) is 8.09. The van der Waals surface area contributed by atoms with Gasteiger partial charge in [-0.15, -0.1) is 0 Å². The van der Waals surface area contributed by atoms with Crippen LogP contribution in [0, 0.1) is 5.92 Å². The van der Waals surface area contributed by atoms with Crippen LogP contribution in [0.25, 0.3) is 0 Å². The fourth-order valence-electron chi connectivity index (χ4n) is 4.74. The molecule has 0 unspecified atom stereocenters. The minimum atomic E-state index is -4.69. The van der Waals surface area contributed by atoms with Crippen LogP contribution in [0.2, 0.25) is 0 Å². The second kappa shape index (κ2) is 11.3. The van der Waals surface area contributed by atoms with Gasteiger partial charge in [0.15, 0.2) is 0 Å².